The van der Waals surface area contributed by atoms with Crippen molar-refractivity contribution in [1.82, 2.24) is 20.3 Å². The predicted molar refractivity (Wildman–Crippen MR) is 114 cm³/mol. The van der Waals surface area contributed by atoms with Crippen molar-refractivity contribution in [1.29, 1.82) is 0 Å². The number of carbonyl (C=O) groups is 1. The molecule has 28 heavy (non-hydrogen) atoms. The van der Waals surface area contributed by atoms with Crippen LogP contribution in [0.3, 0.4) is 0 Å². The standard InChI is InChI=1S/C20H16ClN5OS/c1-2-23-19(27)26-20-25-17-9-13(12-4-3-6-22-11-12)8-15(18(17)28-20)16-10-14(21)5-7-24-16/h3-11H,2H2,1H3,(H2,23,25,26,27). The smallest absolute Gasteiger partial charge is 0.321 e. The highest BCUT2D eigenvalue weighted by molar-refractivity contribution is 7.22. The largest absolute Gasteiger partial charge is 0.338 e. The lowest BCUT2D eigenvalue weighted by Gasteiger charge is -2.07. The Morgan fingerprint density at radius 1 is 1.18 bits per heavy atom. The van der Waals surface area contributed by atoms with Crippen molar-refractivity contribution in [2.24, 2.45) is 0 Å². The number of nitrogens with zero attached hydrogens (tertiary/aromatic N) is 3. The van der Waals surface area contributed by atoms with Crippen molar-refractivity contribution in [3.05, 3.63) is 60.0 Å². The number of urea groups is 1. The first-order valence-electron chi connectivity index (χ1n) is 8.66. The lowest BCUT2D eigenvalue weighted by molar-refractivity contribution is 0.252. The van der Waals surface area contributed by atoms with E-state index in [1.165, 1.54) is 11.3 Å². The minimum absolute atomic E-state index is 0.281. The maximum Gasteiger partial charge on any atom is 0.321 e. The topological polar surface area (TPSA) is 79.8 Å². The second-order valence-corrected chi connectivity index (χ2v) is 7.41. The van der Waals surface area contributed by atoms with Crippen molar-refractivity contribution in [3.8, 4) is 22.4 Å². The van der Waals surface area contributed by atoms with Crippen LogP contribution in [0, 0.1) is 0 Å². The number of anilines is 1. The Labute approximate surface area is 170 Å². The molecule has 0 unspecified atom stereocenters. The molecule has 3 aromatic heterocycles. The molecule has 0 aliphatic heterocycles. The number of fused-ring (bicyclic) bond motifs is 1. The van der Waals surface area contributed by atoms with E-state index in [1.54, 1.807) is 24.7 Å². The number of amides is 2. The molecular formula is C20H16ClN5OS. The van der Waals surface area contributed by atoms with Gasteiger partial charge in [-0.25, -0.2) is 9.78 Å². The molecule has 2 amide bonds. The third-order valence-electron chi connectivity index (χ3n) is 4.04. The van der Waals surface area contributed by atoms with E-state index < -0.39 is 0 Å². The summed E-state index contributed by atoms with van der Waals surface area (Å²) in [5, 5.41) is 6.62. The quantitative estimate of drug-likeness (QED) is 0.484. The van der Waals surface area contributed by atoms with Gasteiger partial charge in [0, 0.05) is 41.3 Å². The van der Waals surface area contributed by atoms with Crippen molar-refractivity contribution < 1.29 is 4.79 Å². The van der Waals surface area contributed by atoms with Gasteiger partial charge in [-0.15, -0.1) is 0 Å². The van der Waals surface area contributed by atoms with Gasteiger partial charge in [-0.1, -0.05) is 29.0 Å². The summed E-state index contributed by atoms with van der Waals surface area (Å²) in [5.74, 6) is 0. The zero-order valence-corrected chi connectivity index (χ0v) is 16.5. The van der Waals surface area contributed by atoms with Gasteiger partial charge in [-0.05, 0) is 42.8 Å². The predicted octanol–water partition coefficient (Wildman–Crippen LogP) is 5.22. The molecule has 0 saturated heterocycles. The van der Waals surface area contributed by atoms with Gasteiger partial charge in [0.1, 0.15) is 0 Å². The number of halogens is 1. The lowest BCUT2D eigenvalue weighted by Crippen LogP contribution is -2.28. The SMILES string of the molecule is CCNC(=O)Nc1nc2cc(-c3cccnc3)cc(-c3cc(Cl)ccn3)c2s1. The molecule has 0 radical (unpaired) electrons. The molecule has 0 fully saturated rings. The molecule has 0 aliphatic rings. The van der Waals surface area contributed by atoms with Gasteiger partial charge in [0.2, 0.25) is 0 Å². The lowest BCUT2D eigenvalue weighted by atomic mass is 10.0. The summed E-state index contributed by atoms with van der Waals surface area (Å²) in [7, 11) is 0. The van der Waals surface area contributed by atoms with E-state index in [-0.39, 0.29) is 6.03 Å². The van der Waals surface area contributed by atoms with Crippen LogP contribution in [-0.4, -0.2) is 27.5 Å². The molecule has 0 spiro atoms. The number of carbonyl (C=O) groups excluding carboxylic acids is 1. The Bertz CT molecular complexity index is 1150. The second-order valence-electron chi connectivity index (χ2n) is 5.98. The fourth-order valence-corrected chi connectivity index (χ4v) is 3.95. The van der Waals surface area contributed by atoms with E-state index in [0.717, 1.165) is 32.6 Å². The van der Waals surface area contributed by atoms with Crippen molar-refractivity contribution in [3.63, 3.8) is 0 Å². The van der Waals surface area contributed by atoms with Gasteiger partial charge in [-0.3, -0.25) is 15.3 Å². The molecule has 140 valence electrons. The Kier molecular flexibility index (Phi) is 5.18. The molecule has 1 aromatic carbocycles. The van der Waals surface area contributed by atoms with E-state index in [4.69, 9.17) is 11.6 Å². The monoisotopic (exact) mass is 409 g/mol. The van der Waals surface area contributed by atoms with Gasteiger partial charge in [0.15, 0.2) is 5.13 Å². The molecule has 0 saturated carbocycles. The first kappa shape index (κ1) is 18.3. The third-order valence-corrected chi connectivity index (χ3v) is 5.30. The zero-order valence-electron chi connectivity index (χ0n) is 14.9. The second kappa shape index (κ2) is 7.92. The molecule has 6 nitrogen and oxygen atoms in total. The molecular weight excluding hydrogens is 394 g/mol. The van der Waals surface area contributed by atoms with Crippen LogP contribution >= 0.6 is 22.9 Å². The summed E-state index contributed by atoms with van der Waals surface area (Å²) in [5.41, 5.74) is 4.36. The summed E-state index contributed by atoms with van der Waals surface area (Å²) < 4.78 is 0.925. The summed E-state index contributed by atoms with van der Waals surface area (Å²) in [6.07, 6.45) is 5.21. The number of hydrogen-bond donors (Lipinski definition) is 2. The van der Waals surface area contributed by atoms with Crippen LogP contribution in [0.1, 0.15) is 6.92 Å². The normalized spacial score (nSPS) is 10.8. The van der Waals surface area contributed by atoms with Gasteiger partial charge in [0.05, 0.1) is 15.9 Å². The number of pyridine rings is 2. The Morgan fingerprint density at radius 3 is 2.82 bits per heavy atom. The molecule has 0 bridgehead atoms. The number of thiazole rings is 1. The van der Waals surface area contributed by atoms with Crippen LogP contribution < -0.4 is 10.6 Å². The third kappa shape index (κ3) is 3.81. The van der Waals surface area contributed by atoms with Crippen LogP contribution in [0.5, 0.6) is 0 Å². The first-order valence-corrected chi connectivity index (χ1v) is 9.85. The number of aromatic nitrogens is 3. The molecule has 4 rings (SSSR count). The van der Waals surface area contributed by atoms with E-state index in [1.807, 2.05) is 37.3 Å². The maximum absolute atomic E-state index is 11.9. The average molecular weight is 410 g/mol. The molecule has 3 heterocycles. The van der Waals surface area contributed by atoms with Gasteiger partial charge in [-0.2, -0.15) is 0 Å². The van der Waals surface area contributed by atoms with E-state index in [9.17, 15) is 4.79 Å². The van der Waals surface area contributed by atoms with E-state index in [0.29, 0.717) is 16.7 Å². The summed E-state index contributed by atoms with van der Waals surface area (Å²) >= 11 is 7.58. The average Bonchev–Trinajstić information content (AvgIpc) is 3.10. The van der Waals surface area contributed by atoms with Crippen LogP contribution in [0.15, 0.2) is 55.0 Å². The molecule has 0 atom stereocenters. The van der Waals surface area contributed by atoms with Crippen LogP contribution in [0.4, 0.5) is 9.93 Å². The fourth-order valence-electron chi connectivity index (χ4n) is 2.83. The number of benzene rings is 1. The van der Waals surface area contributed by atoms with E-state index in [2.05, 4.69) is 25.6 Å². The number of nitrogens with one attached hydrogen (secondary N) is 2. The Balaban J connectivity index is 1.88. The van der Waals surface area contributed by atoms with Crippen molar-refractivity contribution >= 4 is 44.3 Å². The summed E-state index contributed by atoms with van der Waals surface area (Å²) in [6, 6.07) is 11.2. The minimum atomic E-state index is -0.281. The first-order chi connectivity index (χ1) is 13.6. The Hall–Kier alpha value is -3.03. The van der Waals surface area contributed by atoms with Gasteiger partial charge >= 0.3 is 6.03 Å². The van der Waals surface area contributed by atoms with Gasteiger partial charge in [0.25, 0.3) is 0 Å². The fraction of sp³-hybridized carbons (Fsp3) is 0.100. The molecule has 4 aromatic rings. The summed E-state index contributed by atoms with van der Waals surface area (Å²) in [4.78, 5) is 25.2. The number of hydrogen-bond acceptors (Lipinski definition) is 5. The summed E-state index contributed by atoms with van der Waals surface area (Å²) in [6.45, 7) is 2.40. The zero-order chi connectivity index (χ0) is 19.5. The molecule has 8 heteroatoms. The van der Waals surface area contributed by atoms with Crippen molar-refractivity contribution in [2.45, 2.75) is 6.92 Å². The van der Waals surface area contributed by atoms with Crippen LogP contribution in [-0.2, 0) is 0 Å². The highest BCUT2D eigenvalue weighted by Crippen LogP contribution is 2.38. The van der Waals surface area contributed by atoms with Crippen molar-refractivity contribution in [2.75, 3.05) is 11.9 Å². The van der Waals surface area contributed by atoms with Crippen LogP contribution in [0.2, 0.25) is 5.02 Å². The molecule has 2 N–H and O–H groups in total. The van der Waals surface area contributed by atoms with Crippen LogP contribution in [0.25, 0.3) is 32.6 Å². The van der Waals surface area contributed by atoms with Gasteiger partial charge < -0.3 is 5.32 Å². The number of rotatable bonds is 4. The Morgan fingerprint density at radius 2 is 2.07 bits per heavy atom. The minimum Gasteiger partial charge on any atom is -0.338 e. The highest BCUT2D eigenvalue weighted by Gasteiger charge is 2.15. The molecule has 0 aliphatic carbocycles. The maximum atomic E-state index is 11.9. The highest BCUT2D eigenvalue weighted by atomic mass is 35.5. The van der Waals surface area contributed by atoms with E-state index >= 15 is 0 Å².